The minimum Gasteiger partial charge on any atom is -0.328 e. The van der Waals surface area contributed by atoms with E-state index in [-0.39, 0.29) is 5.91 Å². The number of rotatable bonds is 2. The summed E-state index contributed by atoms with van der Waals surface area (Å²) in [6, 6.07) is 8.20. The van der Waals surface area contributed by atoms with Crippen molar-refractivity contribution >= 4 is 11.6 Å². The van der Waals surface area contributed by atoms with Crippen LogP contribution in [0.2, 0.25) is 0 Å². The molecular weight excluding hydrogens is 348 g/mol. The number of benzene rings is 1. The van der Waals surface area contributed by atoms with Crippen LogP contribution in [0.4, 0.5) is 5.69 Å². The molecule has 0 saturated carbocycles. The molecule has 1 amide bonds. The van der Waals surface area contributed by atoms with Gasteiger partial charge in [-0.2, -0.15) is 0 Å². The molecule has 4 rings (SSSR count). The predicted molar refractivity (Wildman–Crippen MR) is 113 cm³/mol. The van der Waals surface area contributed by atoms with E-state index in [0.717, 1.165) is 17.8 Å². The van der Waals surface area contributed by atoms with Gasteiger partial charge >= 0.3 is 0 Å². The Kier molecular flexibility index (Phi) is 5.70. The fraction of sp³-hybridized carbons (Fsp3) is 0.522. The zero-order valence-corrected chi connectivity index (χ0v) is 16.6. The summed E-state index contributed by atoms with van der Waals surface area (Å²) in [4.78, 5) is 15.9. The second-order valence-electron chi connectivity index (χ2n) is 8.27. The fourth-order valence-electron chi connectivity index (χ4n) is 4.54. The van der Waals surface area contributed by atoms with Crippen molar-refractivity contribution in [3.8, 4) is 11.8 Å². The second-order valence-corrected chi connectivity index (χ2v) is 8.27. The Hall–Kier alpha value is -2.29. The Bertz CT molecular complexity index is 773. The number of hydrogen-bond donors (Lipinski definition) is 2. The van der Waals surface area contributed by atoms with Gasteiger partial charge in [0.1, 0.15) is 5.82 Å². The molecule has 2 N–H and O–H groups in total. The van der Waals surface area contributed by atoms with Gasteiger partial charge in [0.15, 0.2) is 0 Å². The lowest BCUT2D eigenvalue weighted by Crippen LogP contribution is -2.45. The summed E-state index contributed by atoms with van der Waals surface area (Å²) in [6.07, 6.45) is 5.81. The predicted octanol–water partition coefficient (Wildman–Crippen LogP) is 2.30. The molecule has 3 fully saturated rings. The van der Waals surface area contributed by atoms with Crippen molar-refractivity contribution in [2.45, 2.75) is 32.1 Å². The van der Waals surface area contributed by atoms with Gasteiger partial charge in [-0.15, -0.1) is 0 Å². The minimum absolute atomic E-state index is 0.0347. The molecule has 0 aliphatic carbocycles. The summed E-state index contributed by atoms with van der Waals surface area (Å²) in [5.74, 6) is 7.33. The molecular formula is C23H30N4O. The summed E-state index contributed by atoms with van der Waals surface area (Å²) in [6.45, 7) is 10.2. The van der Waals surface area contributed by atoms with E-state index < -0.39 is 0 Å². The molecule has 1 spiro atoms. The van der Waals surface area contributed by atoms with Crippen LogP contribution < -0.4 is 15.5 Å². The number of carbonyl (C=O) groups is 1. The van der Waals surface area contributed by atoms with Crippen LogP contribution in [-0.2, 0) is 4.79 Å². The van der Waals surface area contributed by atoms with Crippen LogP contribution in [0.1, 0.15) is 37.7 Å². The molecule has 0 radical (unpaired) electrons. The number of nitrogens with one attached hydrogen (secondary N) is 2. The monoisotopic (exact) mass is 378 g/mol. The number of carbonyl (C=O) groups excluding carboxylic acids is 1. The third-order valence-electron chi connectivity index (χ3n) is 6.47. The maximum Gasteiger partial charge on any atom is 0.227 e. The quantitative estimate of drug-likeness (QED) is 0.776. The number of anilines is 1. The van der Waals surface area contributed by atoms with E-state index in [4.69, 9.17) is 0 Å². The molecule has 0 unspecified atom stereocenters. The van der Waals surface area contributed by atoms with Crippen molar-refractivity contribution in [1.29, 1.82) is 0 Å². The van der Waals surface area contributed by atoms with Crippen molar-refractivity contribution < 1.29 is 4.79 Å². The smallest absolute Gasteiger partial charge is 0.227 e. The van der Waals surface area contributed by atoms with Crippen LogP contribution in [0.15, 0.2) is 36.7 Å². The van der Waals surface area contributed by atoms with Gasteiger partial charge < -0.3 is 15.5 Å². The number of amides is 1. The fourth-order valence-corrected chi connectivity index (χ4v) is 4.54. The number of likely N-dealkylation sites (tertiary alicyclic amines) is 1. The molecule has 3 aliphatic rings. The summed E-state index contributed by atoms with van der Waals surface area (Å²) >= 11 is 0. The zero-order valence-electron chi connectivity index (χ0n) is 16.6. The highest BCUT2D eigenvalue weighted by Crippen LogP contribution is 2.39. The average Bonchev–Trinajstić information content (AvgIpc) is 2.71. The molecule has 3 aliphatic heterocycles. The van der Waals surface area contributed by atoms with Crippen molar-refractivity contribution in [1.82, 2.24) is 15.5 Å². The topological polar surface area (TPSA) is 47.6 Å². The van der Waals surface area contributed by atoms with Crippen molar-refractivity contribution in [3.05, 3.63) is 42.2 Å². The first-order valence-corrected chi connectivity index (χ1v) is 10.4. The summed E-state index contributed by atoms with van der Waals surface area (Å²) < 4.78 is 0. The molecule has 0 bridgehead atoms. The lowest BCUT2D eigenvalue weighted by Gasteiger charge is -2.44. The molecule has 28 heavy (non-hydrogen) atoms. The minimum atomic E-state index is 0.0347. The molecule has 3 saturated heterocycles. The lowest BCUT2D eigenvalue weighted by atomic mass is 9.71. The highest BCUT2D eigenvalue weighted by molar-refractivity contribution is 5.81. The zero-order chi connectivity index (χ0) is 19.4. The Morgan fingerprint density at radius 3 is 2.43 bits per heavy atom. The summed E-state index contributed by atoms with van der Waals surface area (Å²) in [5, 5.41) is 6.28. The molecule has 5 nitrogen and oxygen atoms in total. The van der Waals surface area contributed by atoms with Crippen LogP contribution >= 0.6 is 0 Å². The summed E-state index contributed by atoms with van der Waals surface area (Å²) in [5.41, 5.74) is 2.67. The van der Waals surface area contributed by atoms with Gasteiger partial charge in [0, 0.05) is 24.2 Å². The van der Waals surface area contributed by atoms with Gasteiger partial charge in [0.25, 0.3) is 0 Å². The molecule has 5 heteroatoms. The van der Waals surface area contributed by atoms with Gasteiger partial charge in [-0.3, -0.25) is 9.69 Å². The number of hydrogen-bond acceptors (Lipinski definition) is 4. The summed E-state index contributed by atoms with van der Waals surface area (Å²) in [7, 11) is 0. The standard InChI is InChI=1S/C23H30N4O/c1-19-25-22(28)8-16-27(19)21-6-4-20(5-7-21)3-2-15-26-17-11-23(12-18-26)9-13-24-14-10-23/h4-7,24H,1,8-18H2,(H,25,28). The third kappa shape index (κ3) is 4.40. The molecule has 148 valence electrons. The highest BCUT2D eigenvalue weighted by atomic mass is 16.1. The van der Waals surface area contributed by atoms with Gasteiger partial charge in [0.05, 0.1) is 6.54 Å². The van der Waals surface area contributed by atoms with E-state index in [1.165, 1.54) is 51.9 Å². The first-order valence-electron chi connectivity index (χ1n) is 10.4. The van der Waals surface area contributed by atoms with E-state index in [9.17, 15) is 4.79 Å². The van der Waals surface area contributed by atoms with Crippen LogP contribution in [0.25, 0.3) is 0 Å². The van der Waals surface area contributed by atoms with E-state index in [0.29, 0.717) is 24.2 Å². The van der Waals surface area contributed by atoms with Crippen LogP contribution in [-0.4, -0.2) is 50.1 Å². The number of piperidine rings is 2. The first-order chi connectivity index (χ1) is 13.6. The van der Waals surface area contributed by atoms with E-state index in [2.05, 4.69) is 46.1 Å². The van der Waals surface area contributed by atoms with Crippen molar-refractivity contribution in [3.63, 3.8) is 0 Å². The largest absolute Gasteiger partial charge is 0.328 e. The maximum absolute atomic E-state index is 11.4. The molecule has 3 heterocycles. The molecule has 1 aromatic rings. The van der Waals surface area contributed by atoms with E-state index in [1.54, 1.807) is 0 Å². The van der Waals surface area contributed by atoms with Crippen molar-refractivity contribution in [2.75, 3.05) is 44.2 Å². The van der Waals surface area contributed by atoms with Gasteiger partial charge in [-0.05, 0) is 81.5 Å². The van der Waals surface area contributed by atoms with Crippen LogP contribution in [0.3, 0.4) is 0 Å². The lowest BCUT2D eigenvalue weighted by molar-refractivity contribution is -0.120. The Labute approximate surface area is 168 Å². The average molecular weight is 379 g/mol. The van der Waals surface area contributed by atoms with Gasteiger partial charge in [-0.25, -0.2) is 0 Å². The Morgan fingerprint density at radius 1 is 1.04 bits per heavy atom. The van der Waals surface area contributed by atoms with Gasteiger partial charge in [0.2, 0.25) is 5.91 Å². The normalized spacial score (nSPS) is 22.5. The first kappa shape index (κ1) is 19.0. The second kappa shape index (κ2) is 8.38. The van der Waals surface area contributed by atoms with Crippen LogP contribution in [0.5, 0.6) is 0 Å². The highest BCUT2D eigenvalue weighted by Gasteiger charge is 2.35. The van der Waals surface area contributed by atoms with Crippen LogP contribution in [0, 0.1) is 17.3 Å². The Balaban J connectivity index is 1.28. The van der Waals surface area contributed by atoms with Gasteiger partial charge in [-0.1, -0.05) is 18.4 Å². The third-order valence-corrected chi connectivity index (χ3v) is 6.47. The number of nitrogens with zero attached hydrogens (tertiary/aromatic N) is 2. The molecule has 0 atom stereocenters. The molecule has 0 aromatic heterocycles. The van der Waals surface area contributed by atoms with E-state index >= 15 is 0 Å². The van der Waals surface area contributed by atoms with Crippen molar-refractivity contribution in [2.24, 2.45) is 5.41 Å². The molecule has 1 aromatic carbocycles. The van der Waals surface area contributed by atoms with E-state index in [1.807, 2.05) is 17.0 Å². The maximum atomic E-state index is 11.4. The SMILES string of the molecule is C=C1NC(=O)CCN1c1ccc(C#CCN2CCC3(CCNCC3)CC2)cc1. The Morgan fingerprint density at radius 2 is 1.75 bits per heavy atom.